The molecule has 0 atom stereocenters. The fourth-order valence-corrected chi connectivity index (χ4v) is 3.10. The van der Waals surface area contributed by atoms with Gasteiger partial charge in [-0.25, -0.2) is 13.5 Å². The van der Waals surface area contributed by atoms with Crippen LogP contribution in [0.25, 0.3) is 5.69 Å². The van der Waals surface area contributed by atoms with Crippen molar-refractivity contribution >= 4 is 11.6 Å². The van der Waals surface area contributed by atoms with E-state index in [0.717, 1.165) is 24.3 Å². The predicted molar refractivity (Wildman–Crippen MR) is 111 cm³/mol. The molecule has 11 heteroatoms. The summed E-state index contributed by atoms with van der Waals surface area (Å²) in [6, 6.07) is 15.8. The van der Waals surface area contributed by atoms with Crippen LogP contribution in [0.2, 0.25) is 0 Å². The Morgan fingerprint density at radius 2 is 1.68 bits per heavy atom. The molecular weight excluding hydrogens is 459 g/mol. The number of carbonyl (C=O) groups excluding carboxylic acids is 1. The largest absolute Gasteiger partial charge is 0.489 e. The second-order valence-corrected chi connectivity index (χ2v) is 7.07. The summed E-state index contributed by atoms with van der Waals surface area (Å²) in [7, 11) is 0. The summed E-state index contributed by atoms with van der Waals surface area (Å²) in [5, 5.41) is 9.18. The zero-order chi connectivity index (χ0) is 24.3. The standard InChI is InChI=1S/C23H15F5N4O2/c24-15-7-9-18(10-8-15)32-21(23(26,27)28)20(30-31-32)22(33)29-17-5-2-6-19(12-17)34-13-14-3-1-4-16(25)11-14/h1-12H,13H2,(H,29,33). The van der Waals surface area contributed by atoms with Gasteiger partial charge in [0.25, 0.3) is 5.91 Å². The monoisotopic (exact) mass is 474 g/mol. The molecule has 1 heterocycles. The van der Waals surface area contributed by atoms with E-state index in [0.29, 0.717) is 16.0 Å². The molecular formula is C23H15F5N4O2. The maximum Gasteiger partial charge on any atom is 0.435 e. The zero-order valence-corrected chi connectivity index (χ0v) is 17.2. The van der Waals surface area contributed by atoms with Crippen molar-refractivity contribution in [1.82, 2.24) is 15.0 Å². The summed E-state index contributed by atoms with van der Waals surface area (Å²) >= 11 is 0. The lowest BCUT2D eigenvalue weighted by Crippen LogP contribution is -2.21. The minimum atomic E-state index is -4.97. The number of carbonyl (C=O) groups is 1. The lowest BCUT2D eigenvalue weighted by Gasteiger charge is -2.12. The van der Waals surface area contributed by atoms with Crippen LogP contribution in [0.15, 0.2) is 72.8 Å². The van der Waals surface area contributed by atoms with Crippen molar-refractivity contribution in [2.75, 3.05) is 5.32 Å². The van der Waals surface area contributed by atoms with Crippen LogP contribution >= 0.6 is 0 Å². The Kier molecular flexibility index (Phi) is 6.26. The molecule has 174 valence electrons. The summed E-state index contributed by atoms with van der Waals surface area (Å²) in [6.45, 7) is 0.0410. The van der Waals surface area contributed by atoms with Gasteiger partial charge in [0.2, 0.25) is 0 Å². The molecule has 3 aromatic carbocycles. The SMILES string of the molecule is O=C(Nc1cccc(OCc2cccc(F)c2)c1)c1nnn(-c2ccc(F)cc2)c1C(F)(F)F. The summed E-state index contributed by atoms with van der Waals surface area (Å²) in [5.41, 5.74) is -1.76. The van der Waals surface area contributed by atoms with E-state index in [1.165, 1.54) is 36.4 Å². The summed E-state index contributed by atoms with van der Waals surface area (Å²) in [6.07, 6.45) is -4.97. The van der Waals surface area contributed by atoms with Crippen LogP contribution in [-0.4, -0.2) is 20.9 Å². The topological polar surface area (TPSA) is 69.0 Å². The first-order chi connectivity index (χ1) is 16.2. The van der Waals surface area contributed by atoms with Gasteiger partial charge in [-0.1, -0.05) is 23.4 Å². The highest BCUT2D eigenvalue weighted by atomic mass is 19.4. The van der Waals surface area contributed by atoms with Gasteiger partial charge in [-0.2, -0.15) is 13.2 Å². The van der Waals surface area contributed by atoms with Gasteiger partial charge in [-0.05, 0) is 54.1 Å². The van der Waals surface area contributed by atoms with Gasteiger partial charge in [0.05, 0.1) is 5.69 Å². The second-order valence-electron chi connectivity index (χ2n) is 7.07. The number of amides is 1. The minimum absolute atomic E-state index is 0.0410. The molecule has 0 saturated heterocycles. The molecule has 4 rings (SSSR count). The van der Waals surface area contributed by atoms with E-state index in [2.05, 4.69) is 15.6 Å². The van der Waals surface area contributed by atoms with Gasteiger partial charge < -0.3 is 10.1 Å². The van der Waals surface area contributed by atoms with Crippen LogP contribution in [0.5, 0.6) is 5.75 Å². The number of aromatic nitrogens is 3. The Hall–Kier alpha value is -4.28. The maximum absolute atomic E-state index is 13.8. The molecule has 0 unspecified atom stereocenters. The first-order valence-corrected chi connectivity index (χ1v) is 9.78. The Labute approximate surface area is 189 Å². The van der Waals surface area contributed by atoms with Gasteiger partial charge in [0, 0.05) is 11.8 Å². The number of anilines is 1. The smallest absolute Gasteiger partial charge is 0.435 e. The molecule has 0 aliphatic rings. The molecule has 4 aromatic rings. The van der Waals surface area contributed by atoms with Crippen molar-refractivity contribution in [3.63, 3.8) is 0 Å². The number of nitrogens with zero attached hydrogens (tertiary/aromatic N) is 3. The number of alkyl halides is 3. The van der Waals surface area contributed by atoms with Crippen LogP contribution < -0.4 is 10.1 Å². The predicted octanol–water partition coefficient (Wildman–Crippen LogP) is 5.40. The minimum Gasteiger partial charge on any atom is -0.489 e. The average Bonchev–Trinajstić information content (AvgIpc) is 3.25. The van der Waals surface area contributed by atoms with Crippen LogP contribution in [-0.2, 0) is 12.8 Å². The number of rotatable bonds is 6. The molecule has 0 saturated carbocycles. The highest BCUT2D eigenvalue weighted by Crippen LogP contribution is 2.33. The van der Waals surface area contributed by atoms with Gasteiger partial charge in [0.1, 0.15) is 24.0 Å². The average molecular weight is 474 g/mol. The van der Waals surface area contributed by atoms with Crippen molar-refractivity contribution in [2.45, 2.75) is 12.8 Å². The Morgan fingerprint density at radius 1 is 0.941 bits per heavy atom. The van der Waals surface area contributed by atoms with Gasteiger partial charge in [-0.3, -0.25) is 4.79 Å². The number of ether oxygens (including phenoxy) is 1. The highest BCUT2D eigenvalue weighted by molar-refractivity contribution is 6.03. The lowest BCUT2D eigenvalue weighted by molar-refractivity contribution is -0.143. The summed E-state index contributed by atoms with van der Waals surface area (Å²) in [4.78, 5) is 12.6. The van der Waals surface area contributed by atoms with Gasteiger partial charge in [0.15, 0.2) is 11.4 Å². The number of benzene rings is 3. The van der Waals surface area contributed by atoms with Crippen LogP contribution in [0.4, 0.5) is 27.6 Å². The fraction of sp³-hybridized carbons (Fsp3) is 0.0870. The fourth-order valence-electron chi connectivity index (χ4n) is 3.10. The highest BCUT2D eigenvalue weighted by Gasteiger charge is 2.42. The van der Waals surface area contributed by atoms with Crippen molar-refractivity contribution in [3.8, 4) is 11.4 Å². The van der Waals surface area contributed by atoms with E-state index >= 15 is 0 Å². The third kappa shape index (κ3) is 5.20. The molecule has 1 amide bonds. The van der Waals surface area contributed by atoms with E-state index in [9.17, 15) is 26.7 Å². The molecule has 0 fully saturated rings. The number of nitrogens with one attached hydrogen (secondary N) is 1. The first-order valence-electron chi connectivity index (χ1n) is 9.78. The molecule has 0 radical (unpaired) electrons. The normalized spacial score (nSPS) is 11.3. The molecule has 1 aromatic heterocycles. The van der Waals surface area contributed by atoms with Crippen molar-refractivity contribution in [1.29, 1.82) is 0 Å². The Morgan fingerprint density at radius 3 is 2.38 bits per heavy atom. The van der Waals surface area contributed by atoms with Crippen LogP contribution in [0.1, 0.15) is 21.7 Å². The van der Waals surface area contributed by atoms with Crippen molar-refractivity contribution in [2.24, 2.45) is 0 Å². The van der Waals surface area contributed by atoms with E-state index in [1.54, 1.807) is 12.1 Å². The van der Waals surface area contributed by atoms with E-state index in [1.807, 2.05) is 0 Å². The number of hydrogen-bond acceptors (Lipinski definition) is 4. The van der Waals surface area contributed by atoms with Crippen molar-refractivity contribution < 1.29 is 31.5 Å². The first kappa shape index (κ1) is 22.9. The van der Waals surface area contributed by atoms with E-state index in [-0.39, 0.29) is 18.0 Å². The van der Waals surface area contributed by atoms with Gasteiger partial charge in [-0.15, -0.1) is 5.10 Å². The maximum atomic E-state index is 13.8. The van der Waals surface area contributed by atoms with Crippen molar-refractivity contribution in [3.05, 3.63) is 101 Å². The van der Waals surface area contributed by atoms with Crippen LogP contribution in [0, 0.1) is 11.6 Å². The molecule has 0 aliphatic carbocycles. The van der Waals surface area contributed by atoms with E-state index < -0.39 is 35.1 Å². The molecule has 0 spiro atoms. The van der Waals surface area contributed by atoms with E-state index in [4.69, 9.17) is 4.74 Å². The Balaban J connectivity index is 1.55. The third-order valence-electron chi connectivity index (χ3n) is 4.61. The third-order valence-corrected chi connectivity index (χ3v) is 4.61. The second kappa shape index (κ2) is 9.30. The summed E-state index contributed by atoms with van der Waals surface area (Å²) < 4.78 is 73.7. The zero-order valence-electron chi connectivity index (χ0n) is 17.2. The van der Waals surface area contributed by atoms with Crippen LogP contribution in [0.3, 0.4) is 0 Å². The van der Waals surface area contributed by atoms with Gasteiger partial charge >= 0.3 is 6.18 Å². The molecule has 0 aliphatic heterocycles. The molecule has 0 bridgehead atoms. The number of hydrogen-bond donors (Lipinski definition) is 1. The quantitative estimate of drug-likeness (QED) is 0.380. The Bertz CT molecular complexity index is 1320. The summed E-state index contributed by atoms with van der Waals surface area (Å²) in [5.74, 6) is -1.91. The molecule has 6 nitrogen and oxygen atoms in total. The molecule has 34 heavy (non-hydrogen) atoms. The molecule has 1 N–H and O–H groups in total. The number of halogens is 5. The lowest BCUT2D eigenvalue weighted by atomic mass is 10.2.